The Morgan fingerprint density at radius 2 is 1.47 bits per heavy atom. The number of unbranched alkanes of at least 4 members (excludes halogenated alkanes) is 2. The summed E-state index contributed by atoms with van der Waals surface area (Å²) in [5.74, 6) is -1.68. The van der Waals surface area contributed by atoms with Crippen molar-refractivity contribution in [1.29, 1.82) is 0 Å². The van der Waals surface area contributed by atoms with Gasteiger partial charge in [0.2, 0.25) is 5.91 Å². The van der Waals surface area contributed by atoms with Crippen molar-refractivity contribution in [2.24, 2.45) is 0 Å². The number of nitrogens with one attached hydrogen (secondary N) is 1. The number of benzene rings is 4. The van der Waals surface area contributed by atoms with Crippen LogP contribution in [0.3, 0.4) is 0 Å². The Hall–Kier alpha value is -3.54. The highest BCUT2D eigenvalue weighted by molar-refractivity contribution is 9.11. The lowest BCUT2D eigenvalue weighted by Gasteiger charge is -2.32. The zero-order valence-corrected chi connectivity index (χ0v) is 29.2. The van der Waals surface area contributed by atoms with Crippen molar-refractivity contribution in [2.75, 3.05) is 12.4 Å². The maximum Gasteiger partial charge on any atom is 0.269 e. The number of carbonyl (C=O) groups is 1. The first-order valence-electron chi connectivity index (χ1n) is 14.6. The Morgan fingerprint density at radius 1 is 0.889 bits per heavy atom. The first kappa shape index (κ1) is 34.3. The molecule has 0 aromatic heterocycles. The number of nitro groups is 1. The molecule has 0 saturated heterocycles. The van der Waals surface area contributed by atoms with Crippen LogP contribution in [0.2, 0.25) is 0 Å². The third kappa shape index (κ3) is 8.59. The monoisotopic (exact) mass is 755 g/mol. The topological polar surface area (TPSA) is 110 Å². The molecule has 45 heavy (non-hydrogen) atoms. The minimum Gasteiger partial charge on any atom is -0.377 e. The molecule has 0 radical (unpaired) electrons. The molecule has 0 saturated carbocycles. The van der Waals surface area contributed by atoms with Gasteiger partial charge in [-0.2, -0.15) is 0 Å². The Bertz CT molecular complexity index is 1730. The van der Waals surface area contributed by atoms with Gasteiger partial charge < -0.3 is 5.32 Å². The molecule has 0 fully saturated rings. The second-order valence-electron chi connectivity index (χ2n) is 10.9. The number of nitrogens with zero attached hydrogens (tertiary/aromatic N) is 2. The Balaban J connectivity index is 1.86. The molecule has 0 aliphatic carbocycles. The van der Waals surface area contributed by atoms with Crippen molar-refractivity contribution in [3.8, 4) is 0 Å². The van der Waals surface area contributed by atoms with Crippen LogP contribution in [0.15, 0.2) is 105 Å². The van der Waals surface area contributed by atoms with Gasteiger partial charge in [0.15, 0.2) is 0 Å². The van der Waals surface area contributed by atoms with Gasteiger partial charge in [0.05, 0.1) is 21.8 Å². The standard InChI is InChI=1S/C34H35Br2N3O5S/c1-4-5-6-7-24-10-12-25(13-11-24)32(34(40)38(3)45(43,44)31-18-8-23(2)9-19-31)33(26-14-16-30(17-15-26)39(41)42)37-29-21-27(35)20-28(36)22-29/h8-22,32-33,37H,4-7H2,1-3H3/t32-,33-/m1/s1. The molecule has 0 unspecified atom stereocenters. The van der Waals surface area contributed by atoms with Gasteiger partial charge in [-0.1, -0.05) is 106 Å². The minimum atomic E-state index is -4.20. The average molecular weight is 758 g/mol. The first-order valence-corrected chi connectivity index (χ1v) is 17.6. The molecule has 1 N–H and O–H groups in total. The maximum atomic E-state index is 14.5. The predicted molar refractivity (Wildman–Crippen MR) is 185 cm³/mol. The van der Waals surface area contributed by atoms with Gasteiger partial charge in [0.25, 0.3) is 15.7 Å². The Morgan fingerprint density at radius 3 is 2.02 bits per heavy atom. The summed E-state index contributed by atoms with van der Waals surface area (Å²) in [5.41, 5.74) is 3.74. The number of sulfonamides is 1. The van der Waals surface area contributed by atoms with E-state index in [1.165, 1.54) is 31.3 Å². The largest absolute Gasteiger partial charge is 0.377 e. The number of carbonyl (C=O) groups excluding carboxylic acids is 1. The summed E-state index contributed by atoms with van der Waals surface area (Å²) >= 11 is 7.02. The Labute approximate surface area is 281 Å². The van der Waals surface area contributed by atoms with Crippen LogP contribution >= 0.6 is 31.9 Å². The van der Waals surface area contributed by atoms with E-state index in [4.69, 9.17) is 0 Å². The highest BCUT2D eigenvalue weighted by Crippen LogP contribution is 2.38. The number of amides is 1. The van der Waals surface area contributed by atoms with E-state index in [9.17, 15) is 23.3 Å². The normalized spacial score (nSPS) is 12.7. The number of nitro benzene ring substituents is 1. The van der Waals surface area contributed by atoms with Crippen LogP contribution in [0.4, 0.5) is 11.4 Å². The van der Waals surface area contributed by atoms with Crippen molar-refractivity contribution >= 4 is 59.2 Å². The van der Waals surface area contributed by atoms with E-state index >= 15 is 0 Å². The molecule has 8 nitrogen and oxygen atoms in total. The van der Waals surface area contributed by atoms with Gasteiger partial charge in [0, 0.05) is 33.8 Å². The molecule has 4 aromatic carbocycles. The lowest BCUT2D eigenvalue weighted by atomic mass is 9.85. The number of halogens is 2. The third-order valence-corrected chi connectivity index (χ3v) is 10.3. The van der Waals surface area contributed by atoms with Crippen molar-refractivity contribution in [2.45, 2.75) is 56.4 Å². The third-order valence-electron chi connectivity index (χ3n) is 7.64. The molecule has 11 heteroatoms. The first-order chi connectivity index (χ1) is 21.4. The molecule has 2 atom stereocenters. The SMILES string of the molecule is CCCCCc1ccc([C@@H](C(=O)N(C)S(=O)(=O)c2ccc(C)cc2)[C@H](Nc2cc(Br)cc(Br)c2)c2ccc([N+](=O)[O-])cc2)cc1. The predicted octanol–water partition coefficient (Wildman–Crippen LogP) is 8.95. The lowest BCUT2D eigenvalue weighted by Crippen LogP contribution is -2.40. The smallest absolute Gasteiger partial charge is 0.269 e. The van der Waals surface area contributed by atoms with Gasteiger partial charge in [0.1, 0.15) is 0 Å². The summed E-state index contributed by atoms with van der Waals surface area (Å²) in [6, 6.07) is 24.7. The van der Waals surface area contributed by atoms with Gasteiger partial charge >= 0.3 is 0 Å². The van der Waals surface area contributed by atoms with Crippen LogP contribution in [-0.4, -0.2) is 30.6 Å². The van der Waals surface area contributed by atoms with Gasteiger partial charge in [-0.3, -0.25) is 14.9 Å². The van der Waals surface area contributed by atoms with E-state index < -0.39 is 32.8 Å². The van der Waals surface area contributed by atoms with Crippen molar-refractivity contribution in [3.05, 3.63) is 132 Å². The average Bonchev–Trinajstić information content (AvgIpc) is 3.01. The molecule has 0 aliphatic rings. The van der Waals surface area contributed by atoms with E-state index in [-0.39, 0.29) is 10.6 Å². The van der Waals surface area contributed by atoms with E-state index in [2.05, 4.69) is 44.1 Å². The fourth-order valence-electron chi connectivity index (χ4n) is 5.11. The number of hydrogen-bond donors (Lipinski definition) is 1. The minimum absolute atomic E-state index is 0.00439. The van der Waals surface area contributed by atoms with Gasteiger partial charge in [-0.15, -0.1) is 0 Å². The molecule has 236 valence electrons. The van der Waals surface area contributed by atoms with Crippen LogP contribution in [-0.2, 0) is 21.2 Å². The zero-order chi connectivity index (χ0) is 32.7. The van der Waals surface area contributed by atoms with Crippen molar-refractivity contribution in [1.82, 2.24) is 4.31 Å². The summed E-state index contributed by atoms with van der Waals surface area (Å²) < 4.78 is 29.8. The second kappa shape index (κ2) is 15.2. The number of rotatable bonds is 13. The summed E-state index contributed by atoms with van der Waals surface area (Å²) in [6.07, 6.45) is 4.15. The van der Waals surface area contributed by atoms with E-state index in [1.807, 2.05) is 49.4 Å². The van der Waals surface area contributed by atoms with E-state index in [0.29, 0.717) is 16.8 Å². The number of aryl methyl sites for hydroxylation is 2. The molecule has 0 bridgehead atoms. The van der Waals surface area contributed by atoms with Crippen LogP contribution in [0.1, 0.15) is 60.4 Å². The second-order valence-corrected chi connectivity index (χ2v) is 14.7. The zero-order valence-electron chi connectivity index (χ0n) is 25.2. The van der Waals surface area contributed by atoms with E-state index in [1.54, 1.807) is 24.3 Å². The van der Waals surface area contributed by atoms with Crippen LogP contribution in [0, 0.1) is 17.0 Å². The molecule has 0 aliphatic heterocycles. The molecule has 4 rings (SSSR count). The van der Waals surface area contributed by atoms with Gasteiger partial charge in [-0.25, -0.2) is 12.7 Å². The lowest BCUT2D eigenvalue weighted by molar-refractivity contribution is -0.384. The number of likely N-dealkylation sites (N-methyl/N-ethyl adjacent to an activating group) is 1. The summed E-state index contributed by atoms with van der Waals surface area (Å²) in [7, 11) is -2.93. The summed E-state index contributed by atoms with van der Waals surface area (Å²) in [6.45, 7) is 4.00. The number of anilines is 1. The van der Waals surface area contributed by atoms with Crippen molar-refractivity contribution in [3.63, 3.8) is 0 Å². The van der Waals surface area contributed by atoms with Crippen LogP contribution in [0.5, 0.6) is 0 Å². The highest BCUT2D eigenvalue weighted by Gasteiger charge is 2.38. The molecular formula is C34H35Br2N3O5S. The number of hydrogen-bond acceptors (Lipinski definition) is 6. The van der Waals surface area contributed by atoms with Crippen LogP contribution < -0.4 is 5.32 Å². The maximum absolute atomic E-state index is 14.5. The quantitative estimate of drug-likeness (QED) is 0.0829. The molecule has 0 heterocycles. The summed E-state index contributed by atoms with van der Waals surface area (Å²) in [5, 5.41) is 14.9. The van der Waals surface area contributed by atoms with E-state index in [0.717, 1.165) is 50.1 Å². The fraction of sp³-hybridized carbons (Fsp3) is 0.265. The van der Waals surface area contributed by atoms with Gasteiger partial charge in [-0.05, 0) is 66.8 Å². The van der Waals surface area contributed by atoms with Crippen LogP contribution in [0.25, 0.3) is 0 Å². The molecule has 4 aromatic rings. The number of non-ortho nitro benzene ring substituents is 1. The van der Waals surface area contributed by atoms with Crippen molar-refractivity contribution < 1.29 is 18.1 Å². The fourth-order valence-corrected chi connectivity index (χ4v) is 7.55. The Kier molecular flexibility index (Phi) is 11.6. The highest BCUT2D eigenvalue weighted by atomic mass is 79.9. The molecule has 1 amide bonds. The summed E-state index contributed by atoms with van der Waals surface area (Å²) in [4.78, 5) is 25.5. The molecule has 0 spiro atoms. The molecular weight excluding hydrogens is 722 g/mol.